The third kappa shape index (κ3) is 3.18. The first kappa shape index (κ1) is 13.1. The molecule has 0 radical (unpaired) electrons. The van der Waals surface area contributed by atoms with Crippen molar-refractivity contribution in [2.75, 3.05) is 33.2 Å². The Balaban J connectivity index is 1.52. The summed E-state index contributed by atoms with van der Waals surface area (Å²) in [6.45, 7) is 6.32. The molecule has 0 aliphatic carbocycles. The minimum Gasteiger partial charge on any atom is -0.306 e. The lowest BCUT2D eigenvalue weighted by Gasteiger charge is -2.46. The maximum atomic E-state index is 2.64. The minimum atomic E-state index is 0.680. The number of hydrogen-bond donors (Lipinski definition) is 0. The Kier molecular flexibility index (Phi) is 3.90. The number of piperidine rings is 2. The van der Waals surface area contributed by atoms with E-state index < -0.39 is 0 Å². The maximum absolute atomic E-state index is 2.64. The van der Waals surface area contributed by atoms with Crippen molar-refractivity contribution in [3.8, 4) is 0 Å². The third-order valence-electron chi connectivity index (χ3n) is 5.21. The van der Waals surface area contributed by atoms with E-state index in [2.05, 4.69) is 47.2 Å². The summed E-state index contributed by atoms with van der Waals surface area (Å²) in [6.07, 6.45) is 5.66. The predicted molar refractivity (Wildman–Crippen MR) is 80.1 cm³/mol. The Morgan fingerprint density at radius 3 is 2.11 bits per heavy atom. The van der Waals surface area contributed by atoms with Gasteiger partial charge in [-0.25, -0.2) is 0 Å². The molecule has 19 heavy (non-hydrogen) atoms. The summed E-state index contributed by atoms with van der Waals surface area (Å²) in [4.78, 5) is 5.13. The van der Waals surface area contributed by atoms with Crippen molar-refractivity contribution in [3.63, 3.8) is 0 Å². The van der Waals surface area contributed by atoms with Crippen molar-refractivity contribution in [1.29, 1.82) is 0 Å². The van der Waals surface area contributed by atoms with Crippen molar-refractivity contribution in [3.05, 3.63) is 35.9 Å². The van der Waals surface area contributed by atoms with Crippen LogP contribution in [0.4, 0.5) is 0 Å². The second kappa shape index (κ2) is 5.64. The number of benzene rings is 1. The smallest absolute Gasteiger partial charge is 0.0233 e. The first-order chi connectivity index (χ1) is 9.26. The minimum absolute atomic E-state index is 0.680. The first-order valence-corrected chi connectivity index (χ1v) is 7.71. The molecule has 2 aliphatic heterocycles. The number of nitrogens with zero attached hydrogens (tertiary/aromatic N) is 2. The van der Waals surface area contributed by atoms with Crippen molar-refractivity contribution in [1.82, 2.24) is 9.80 Å². The van der Waals surface area contributed by atoms with Gasteiger partial charge >= 0.3 is 0 Å². The van der Waals surface area contributed by atoms with Crippen LogP contribution in [0.5, 0.6) is 0 Å². The molecule has 0 amide bonds. The average molecular weight is 258 g/mol. The van der Waals surface area contributed by atoms with Gasteiger partial charge in [-0.1, -0.05) is 30.3 Å². The molecule has 0 aromatic heterocycles. The zero-order valence-electron chi connectivity index (χ0n) is 12.1. The fourth-order valence-electron chi connectivity index (χ4n) is 3.62. The van der Waals surface area contributed by atoms with Crippen LogP contribution in [0.1, 0.15) is 31.2 Å². The number of hydrogen-bond acceptors (Lipinski definition) is 2. The van der Waals surface area contributed by atoms with Gasteiger partial charge in [-0.05, 0) is 69.9 Å². The Morgan fingerprint density at radius 1 is 0.895 bits per heavy atom. The molecular weight excluding hydrogens is 232 g/mol. The Hall–Kier alpha value is -0.860. The van der Waals surface area contributed by atoms with Gasteiger partial charge in [0.1, 0.15) is 0 Å². The zero-order chi connectivity index (χ0) is 13.1. The van der Waals surface area contributed by atoms with E-state index in [0.717, 1.165) is 6.54 Å². The topological polar surface area (TPSA) is 6.48 Å². The fourth-order valence-corrected chi connectivity index (χ4v) is 3.62. The van der Waals surface area contributed by atoms with Crippen molar-refractivity contribution < 1.29 is 0 Å². The van der Waals surface area contributed by atoms with Crippen LogP contribution in [0, 0.1) is 5.41 Å². The lowest BCUT2D eigenvalue weighted by molar-refractivity contribution is 0.0401. The van der Waals surface area contributed by atoms with Gasteiger partial charge in [0.25, 0.3) is 0 Å². The van der Waals surface area contributed by atoms with Crippen LogP contribution in [0.15, 0.2) is 30.3 Å². The number of rotatable bonds is 2. The molecule has 2 saturated heterocycles. The quantitative estimate of drug-likeness (QED) is 0.804. The number of likely N-dealkylation sites (tertiary alicyclic amines) is 2. The summed E-state index contributed by atoms with van der Waals surface area (Å²) in [5, 5.41) is 0. The monoisotopic (exact) mass is 258 g/mol. The summed E-state index contributed by atoms with van der Waals surface area (Å²) in [7, 11) is 2.26. The van der Waals surface area contributed by atoms with Gasteiger partial charge in [-0.2, -0.15) is 0 Å². The van der Waals surface area contributed by atoms with Gasteiger partial charge in [0.2, 0.25) is 0 Å². The fraction of sp³-hybridized carbons (Fsp3) is 0.647. The van der Waals surface area contributed by atoms with Crippen LogP contribution < -0.4 is 0 Å². The highest BCUT2D eigenvalue weighted by Gasteiger charge is 2.36. The van der Waals surface area contributed by atoms with E-state index in [1.54, 1.807) is 0 Å². The molecule has 1 aromatic carbocycles. The van der Waals surface area contributed by atoms with Gasteiger partial charge in [0, 0.05) is 6.54 Å². The van der Waals surface area contributed by atoms with Gasteiger partial charge in [-0.15, -0.1) is 0 Å². The zero-order valence-corrected chi connectivity index (χ0v) is 12.1. The molecular formula is C17H26N2. The highest BCUT2D eigenvalue weighted by molar-refractivity contribution is 5.14. The molecule has 0 atom stereocenters. The van der Waals surface area contributed by atoms with E-state index in [4.69, 9.17) is 0 Å². The van der Waals surface area contributed by atoms with E-state index in [1.807, 2.05) is 0 Å². The molecule has 1 spiro atoms. The van der Waals surface area contributed by atoms with Crippen molar-refractivity contribution >= 4 is 0 Å². The van der Waals surface area contributed by atoms with Crippen LogP contribution in [0.2, 0.25) is 0 Å². The molecule has 0 bridgehead atoms. The summed E-state index contributed by atoms with van der Waals surface area (Å²) in [5.41, 5.74) is 2.14. The molecule has 3 rings (SSSR count). The summed E-state index contributed by atoms with van der Waals surface area (Å²) < 4.78 is 0. The standard InChI is InChI=1S/C17H26N2/c1-18-11-7-17(8-12-18)9-13-19(14-10-17)15-16-5-3-2-4-6-16/h2-6H,7-15H2,1H3. The van der Waals surface area contributed by atoms with E-state index in [0.29, 0.717) is 5.41 Å². The lowest BCUT2D eigenvalue weighted by atomic mass is 9.71. The Labute approximate surface area is 117 Å². The first-order valence-electron chi connectivity index (χ1n) is 7.71. The van der Waals surface area contributed by atoms with Crippen LogP contribution in [0.25, 0.3) is 0 Å². The molecule has 2 fully saturated rings. The molecule has 2 heteroatoms. The normalized spacial score (nSPS) is 24.7. The van der Waals surface area contributed by atoms with Gasteiger partial charge in [0.15, 0.2) is 0 Å². The van der Waals surface area contributed by atoms with Gasteiger partial charge < -0.3 is 4.90 Å². The van der Waals surface area contributed by atoms with Crippen LogP contribution >= 0.6 is 0 Å². The molecule has 2 nitrogen and oxygen atoms in total. The molecule has 2 aliphatic rings. The van der Waals surface area contributed by atoms with E-state index in [9.17, 15) is 0 Å². The highest BCUT2D eigenvalue weighted by Crippen LogP contribution is 2.41. The largest absolute Gasteiger partial charge is 0.306 e. The lowest BCUT2D eigenvalue weighted by Crippen LogP contribution is -2.45. The van der Waals surface area contributed by atoms with Gasteiger partial charge in [-0.3, -0.25) is 4.90 Å². The molecule has 1 aromatic rings. The molecule has 104 valence electrons. The Bertz CT molecular complexity index is 383. The summed E-state index contributed by atoms with van der Waals surface area (Å²) >= 11 is 0. The summed E-state index contributed by atoms with van der Waals surface area (Å²) in [5.74, 6) is 0. The third-order valence-corrected chi connectivity index (χ3v) is 5.21. The van der Waals surface area contributed by atoms with Crippen LogP contribution in [-0.4, -0.2) is 43.0 Å². The Morgan fingerprint density at radius 2 is 1.47 bits per heavy atom. The van der Waals surface area contributed by atoms with Crippen LogP contribution in [0.3, 0.4) is 0 Å². The predicted octanol–water partition coefficient (Wildman–Crippen LogP) is 2.99. The van der Waals surface area contributed by atoms with E-state index in [1.165, 1.54) is 57.4 Å². The SMILES string of the molecule is CN1CCC2(CC1)CCN(Cc1ccccc1)CC2. The molecule has 0 unspecified atom stereocenters. The average Bonchev–Trinajstić information content (AvgIpc) is 2.46. The van der Waals surface area contributed by atoms with Gasteiger partial charge in [0.05, 0.1) is 0 Å². The van der Waals surface area contributed by atoms with Crippen LogP contribution in [-0.2, 0) is 6.54 Å². The van der Waals surface area contributed by atoms with E-state index >= 15 is 0 Å². The maximum Gasteiger partial charge on any atom is 0.0233 e. The molecule has 0 N–H and O–H groups in total. The second-order valence-electron chi connectivity index (χ2n) is 6.57. The van der Waals surface area contributed by atoms with Crippen molar-refractivity contribution in [2.24, 2.45) is 5.41 Å². The van der Waals surface area contributed by atoms with E-state index in [-0.39, 0.29) is 0 Å². The second-order valence-corrected chi connectivity index (χ2v) is 6.57. The molecule has 0 saturated carbocycles. The summed E-state index contributed by atoms with van der Waals surface area (Å²) in [6, 6.07) is 10.9. The highest BCUT2D eigenvalue weighted by atomic mass is 15.1. The molecule has 2 heterocycles. The van der Waals surface area contributed by atoms with Crippen molar-refractivity contribution in [2.45, 2.75) is 32.2 Å².